The number of hydrogen-bond acceptors (Lipinski definition) is 2. The highest BCUT2D eigenvalue weighted by Gasteiger charge is 1.98. The Labute approximate surface area is 76.9 Å². The van der Waals surface area contributed by atoms with Crippen LogP contribution in [0.5, 0.6) is 0 Å². The molecule has 0 spiro atoms. The lowest BCUT2D eigenvalue weighted by Gasteiger charge is -2.19. The topological polar surface area (TPSA) is 6.48 Å². The summed E-state index contributed by atoms with van der Waals surface area (Å²) in [5.74, 6) is 0. The van der Waals surface area contributed by atoms with Crippen LogP contribution >= 0.6 is 0 Å². The predicted octanol–water partition coefficient (Wildman–Crippen LogP) is 1.45. The fourth-order valence-electron chi connectivity index (χ4n) is 0.967. The van der Waals surface area contributed by atoms with Gasteiger partial charge in [0.2, 0.25) is 0 Å². The van der Waals surface area contributed by atoms with Crippen LogP contribution in [0, 0.1) is 0 Å². The lowest BCUT2D eigenvalue weighted by atomic mass is 10.3. The lowest BCUT2D eigenvalue weighted by molar-refractivity contribution is 0.298. The van der Waals surface area contributed by atoms with Gasteiger partial charge in [-0.15, -0.1) is 0 Å². The van der Waals surface area contributed by atoms with Crippen molar-refractivity contribution in [2.45, 2.75) is 13.8 Å². The summed E-state index contributed by atoms with van der Waals surface area (Å²) in [5, 5.41) is 0. The van der Waals surface area contributed by atoms with Crippen LogP contribution in [0.4, 0.5) is 0 Å². The molecule has 12 heavy (non-hydrogen) atoms. The van der Waals surface area contributed by atoms with E-state index in [1.165, 1.54) is 5.57 Å². The van der Waals surface area contributed by atoms with Gasteiger partial charge in [0, 0.05) is 19.6 Å². The zero-order chi connectivity index (χ0) is 9.56. The van der Waals surface area contributed by atoms with Crippen molar-refractivity contribution in [2.24, 2.45) is 0 Å². The second-order valence-corrected chi connectivity index (χ2v) is 3.68. The molecule has 0 bridgehead atoms. The van der Waals surface area contributed by atoms with E-state index in [0.29, 0.717) is 0 Å². The van der Waals surface area contributed by atoms with Gasteiger partial charge >= 0.3 is 0 Å². The van der Waals surface area contributed by atoms with Crippen LogP contribution in [0.25, 0.3) is 0 Å². The van der Waals surface area contributed by atoms with Gasteiger partial charge in [0.25, 0.3) is 0 Å². The van der Waals surface area contributed by atoms with Crippen molar-refractivity contribution in [1.29, 1.82) is 0 Å². The molecule has 0 radical (unpaired) electrons. The molecular formula is C10H22N2. The monoisotopic (exact) mass is 170 g/mol. The van der Waals surface area contributed by atoms with Crippen LogP contribution in [0.2, 0.25) is 0 Å². The van der Waals surface area contributed by atoms with Crippen LogP contribution in [0.15, 0.2) is 11.6 Å². The molecule has 72 valence electrons. The predicted molar refractivity (Wildman–Crippen MR) is 55.5 cm³/mol. The molecule has 2 heteroatoms. The molecule has 2 nitrogen and oxygen atoms in total. The van der Waals surface area contributed by atoms with Crippen molar-refractivity contribution in [3.8, 4) is 0 Å². The number of rotatable bonds is 5. The highest BCUT2D eigenvalue weighted by atomic mass is 15.1. The first kappa shape index (κ1) is 11.7. The average molecular weight is 170 g/mol. The van der Waals surface area contributed by atoms with E-state index in [-0.39, 0.29) is 0 Å². The SMILES string of the molecule is CC=C(C)CN(C)CCN(C)C. The van der Waals surface area contributed by atoms with Crippen LogP contribution in [0.3, 0.4) is 0 Å². The van der Waals surface area contributed by atoms with Gasteiger partial charge in [0.15, 0.2) is 0 Å². The van der Waals surface area contributed by atoms with Crippen molar-refractivity contribution in [1.82, 2.24) is 9.80 Å². The molecule has 0 N–H and O–H groups in total. The molecule has 0 aliphatic heterocycles. The quantitative estimate of drug-likeness (QED) is 0.576. The third-order valence-corrected chi connectivity index (χ3v) is 1.94. The van der Waals surface area contributed by atoms with E-state index >= 15 is 0 Å². The van der Waals surface area contributed by atoms with Crippen LogP contribution in [0.1, 0.15) is 13.8 Å². The molecule has 0 aliphatic carbocycles. The maximum atomic E-state index is 2.34. The number of likely N-dealkylation sites (N-methyl/N-ethyl adjacent to an activating group) is 2. The van der Waals surface area contributed by atoms with Crippen molar-refractivity contribution >= 4 is 0 Å². The molecule has 0 amide bonds. The van der Waals surface area contributed by atoms with Gasteiger partial charge in [-0.3, -0.25) is 0 Å². The van der Waals surface area contributed by atoms with Crippen LogP contribution < -0.4 is 0 Å². The van der Waals surface area contributed by atoms with E-state index in [1.54, 1.807) is 0 Å². The first-order valence-electron chi connectivity index (χ1n) is 4.51. The first-order valence-corrected chi connectivity index (χ1v) is 4.51. The second kappa shape index (κ2) is 6.21. The zero-order valence-electron chi connectivity index (χ0n) is 9.09. The first-order chi connectivity index (χ1) is 5.56. The maximum absolute atomic E-state index is 2.34. The van der Waals surface area contributed by atoms with Gasteiger partial charge < -0.3 is 9.80 Å². The van der Waals surface area contributed by atoms with Crippen molar-refractivity contribution in [2.75, 3.05) is 40.8 Å². The molecule has 0 aromatic heterocycles. The Hall–Kier alpha value is -0.340. The molecule has 0 atom stereocenters. The third kappa shape index (κ3) is 6.38. The number of nitrogens with zero attached hydrogens (tertiary/aromatic N) is 2. The van der Waals surface area contributed by atoms with Crippen molar-refractivity contribution in [3.63, 3.8) is 0 Å². The zero-order valence-corrected chi connectivity index (χ0v) is 9.09. The molecule has 0 unspecified atom stereocenters. The van der Waals surface area contributed by atoms with Gasteiger partial charge in [-0.1, -0.05) is 11.6 Å². The van der Waals surface area contributed by atoms with E-state index in [4.69, 9.17) is 0 Å². The highest BCUT2D eigenvalue weighted by Crippen LogP contribution is 1.94. The van der Waals surface area contributed by atoms with E-state index in [1.807, 2.05) is 0 Å². The molecule has 0 saturated heterocycles. The minimum Gasteiger partial charge on any atom is -0.308 e. The van der Waals surface area contributed by atoms with Crippen LogP contribution in [-0.4, -0.2) is 50.6 Å². The van der Waals surface area contributed by atoms with Gasteiger partial charge in [0.1, 0.15) is 0 Å². The largest absolute Gasteiger partial charge is 0.308 e. The molecular weight excluding hydrogens is 148 g/mol. The Morgan fingerprint density at radius 1 is 1.17 bits per heavy atom. The Morgan fingerprint density at radius 2 is 1.75 bits per heavy atom. The van der Waals surface area contributed by atoms with Crippen molar-refractivity contribution < 1.29 is 0 Å². The summed E-state index contributed by atoms with van der Waals surface area (Å²) >= 11 is 0. The smallest absolute Gasteiger partial charge is 0.0187 e. The fourth-order valence-corrected chi connectivity index (χ4v) is 0.967. The summed E-state index contributed by atoms with van der Waals surface area (Å²) in [5.41, 5.74) is 1.44. The van der Waals surface area contributed by atoms with Gasteiger partial charge in [-0.2, -0.15) is 0 Å². The van der Waals surface area contributed by atoms with E-state index < -0.39 is 0 Å². The maximum Gasteiger partial charge on any atom is 0.0187 e. The van der Waals surface area contributed by atoms with Crippen molar-refractivity contribution in [3.05, 3.63) is 11.6 Å². The summed E-state index contributed by atoms with van der Waals surface area (Å²) < 4.78 is 0. The minimum absolute atomic E-state index is 1.09. The van der Waals surface area contributed by atoms with Crippen LogP contribution in [-0.2, 0) is 0 Å². The summed E-state index contributed by atoms with van der Waals surface area (Å²) in [6.07, 6.45) is 2.17. The van der Waals surface area contributed by atoms with E-state index in [2.05, 4.69) is 50.9 Å². The van der Waals surface area contributed by atoms with E-state index in [0.717, 1.165) is 19.6 Å². The van der Waals surface area contributed by atoms with Gasteiger partial charge in [-0.25, -0.2) is 0 Å². The standard InChI is InChI=1S/C10H22N2/c1-6-10(2)9-12(5)8-7-11(3)4/h6H,7-9H2,1-5H3. The average Bonchev–Trinajstić information content (AvgIpc) is 2.00. The Morgan fingerprint density at radius 3 is 2.17 bits per heavy atom. The molecule has 0 rings (SSSR count). The summed E-state index contributed by atoms with van der Waals surface area (Å²) in [4.78, 5) is 4.55. The molecule has 0 aliphatic rings. The number of hydrogen-bond donors (Lipinski definition) is 0. The summed E-state index contributed by atoms with van der Waals surface area (Å²) in [6.45, 7) is 7.62. The third-order valence-electron chi connectivity index (χ3n) is 1.94. The molecule has 0 aromatic rings. The molecule has 0 aromatic carbocycles. The Kier molecular flexibility index (Phi) is 6.03. The Balaban J connectivity index is 3.53. The number of allylic oxidation sites excluding steroid dienone is 1. The fraction of sp³-hybridized carbons (Fsp3) is 0.800. The second-order valence-electron chi connectivity index (χ2n) is 3.68. The molecule has 0 heterocycles. The minimum atomic E-state index is 1.09. The molecule has 0 saturated carbocycles. The summed E-state index contributed by atoms with van der Waals surface area (Å²) in [6, 6.07) is 0. The van der Waals surface area contributed by atoms with Gasteiger partial charge in [-0.05, 0) is 35.0 Å². The normalized spacial score (nSPS) is 13.1. The Bertz CT molecular complexity index is 139. The van der Waals surface area contributed by atoms with Gasteiger partial charge in [0.05, 0.1) is 0 Å². The highest BCUT2D eigenvalue weighted by molar-refractivity contribution is 4.97. The van der Waals surface area contributed by atoms with E-state index in [9.17, 15) is 0 Å². The lowest BCUT2D eigenvalue weighted by Crippen LogP contribution is -2.29. The molecule has 0 fully saturated rings. The summed E-state index contributed by atoms with van der Waals surface area (Å²) in [7, 11) is 6.38.